The summed E-state index contributed by atoms with van der Waals surface area (Å²) in [7, 11) is 0. The van der Waals surface area contributed by atoms with E-state index in [0.717, 1.165) is 4.90 Å². The van der Waals surface area contributed by atoms with Crippen LogP contribution in [0, 0.1) is 0 Å². The van der Waals surface area contributed by atoms with E-state index in [-0.39, 0.29) is 6.04 Å². The predicted molar refractivity (Wildman–Crippen MR) is 51.8 cm³/mol. The highest BCUT2D eigenvalue weighted by Crippen LogP contribution is 2.38. The number of carbonyl (C=O) groups is 1. The summed E-state index contributed by atoms with van der Waals surface area (Å²) >= 11 is 0. The summed E-state index contributed by atoms with van der Waals surface area (Å²) in [5.41, 5.74) is 5.71. The molecule has 2 atom stereocenters. The highest BCUT2D eigenvalue weighted by Gasteiger charge is 2.56. The second kappa shape index (κ2) is 4.12. The van der Waals surface area contributed by atoms with E-state index in [0.29, 0.717) is 25.7 Å². The maximum Gasteiger partial charge on any atom is 0.383 e. The summed E-state index contributed by atoms with van der Waals surface area (Å²) < 4.78 is 50.3. The second-order valence-electron chi connectivity index (χ2n) is 4.75. The van der Waals surface area contributed by atoms with Crippen LogP contribution in [-0.4, -0.2) is 41.3 Å². The molecule has 0 saturated carbocycles. The molecule has 3 nitrogen and oxygen atoms in total. The third kappa shape index (κ3) is 2.00. The molecule has 2 unspecified atom stereocenters. The van der Waals surface area contributed by atoms with Gasteiger partial charge in [0.25, 0.3) is 5.91 Å². The van der Waals surface area contributed by atoms with Gasteiger partial charge in [-0.15, -0.1) is 0 Å². The van der Waals surface area contributed by atoms with E-state index in [2.05, 4.69) is 0 Å². The van der Waals surface area contributed by atoms with Gasteiger partial charge in [-0.3, -0.25) is 4.79 Å². The Morgan fingerprint density at radius 1 is 1.24 bits per heavy atom. The fourth-order valence-corrected chi connectivity index (χ4v) is 2.82. The van der Waals surface area contributed by atoms with Crippen LogP contribution in [-0.2, 0) is 4.79 Å². The first-order valence-electron chi connectivity index (χ1n) is 5.58. The third-order valence-corrected chi connectivity index (χ3v) is 3.56. The van der Waals surface area contributed by atoms with Gasteiger partial charge in [-0.25, -0.2) is 8.78 Å². The van der Waals surface area contributed by atoms with E-state index in [1.54, 1.807) is 0 Å². The van der Waals surface area contributed by atoms with Crippen LogP contribution in [0.1, 0.15) is 25.7 Å². The second-order valence-corrected chi connectivity index (χ2v) is 4.75. The largest absolute Gasteiger partial charge is 0.383 e. The first-order chi connectivity index (χ1) is 7.84. The number of nitrogens with zero attached hydrogens (tertiary/aromatic N) is 1. The molecule has 98 valence electrons. The van der Waals surface area contributed by atoms with Gasteiger partial charge in [0, 0.05) is 18.1 Å². The van der Waals surface area contributed by atoms with Crippen molar-refractivity contribution in [2.75, 3.05) is 0 Å². The molecule has 2 fully saturated rings. The van der Waals surface area contributed by atoms with Crippen LogP contribution in [0.2, 0.25) is 0 Å². The average molecular weight is 254 g/mol. The maximum atomic E-state index is 13.0. The Balaban J connectivity index is 2.16. The van der Waals surface area contributed by atoms with Gasteiger partial charge >= 0.3 is 12.3 Å². The van der Waals surface area contributed by atoms with Crippen LogP contribution >= 0.6 is 0 Å². The Hall–Kier alpha value is -0.850. The zero-order valence-corrected chi connectivity index (χ0v) is 9.08. The van der Waals surface area contributed by atoms with Crippen molar-refractivity contribution in [2.45, 2.75) is 56.2 Å². The van der Waals surface area contributed by atoms with Crippen molar-refractivity contribution < 1.29 is 22.4 Å². The quantitative estimate of drug-likeness (QED) is 0.756. The number of amides is 1. The van der Waals surface area contributed by atoms with Crippen molar-refractivity contribution in [3.63, 3.8) is 0 Å². The average Bonchev–Trinajstić information content (AvgIpc) is 2.49. The molecule has 2 bridgehead atoms. The normalized spacial score (nSPS) is 33.3. The van der Waals surface area contributed by atoms with Crippen LogP contribution in [0.5, 0.6) is 0 Å². The van der Waals surface area contributed by atoms with E-state index in [4.69, 9.17) is 5.73 Å². The summed E-state index contributed by atoms with van der Waals surface area (Å²) in [6.07, 6.45) is -1.97. The van der Waals surface area contributed by atoms with E-state index >= 15 is 0 Å². The number of hydrogen-bond donors (Lipinski definition) is 1. The fourth-order valence-electron chi connectivity index (χ4n) is 2.82. The number of carbonyl (C=O) groups excluding carboxylic acids is 1. The Morgan fingerprint density at radius 2 is 1.71 bits per heavy atom. The molecule has 7 heteroatoms. The molecule has 17 heavy (non-hydrogen) atoms. The Labute approximate surface area is 95.9 Å². The Kier molecular flexibility index (Phi) is 3.05. The number of halogens is 4. The molecule has 2 rings (SSSR count). The minimum atomic E-state index is -4.58. The predicted octanol–water partition coefficient (Wildman–Crippen LogP) is 1.37. The molecular weight excluding hydrogens is 240 g/mol. The zero-order valence-electron chi connectivity index (χ0n) is 9.08. The fraction of sp³-hybridized carbons (Fsp3) is 0.900. The van der Waals surface area contributed by atoms with Gasteiger partial charge in [0.2, 0.25) is 0 Å². The summed E-state index contributed by atoms with van der Waals surface area (Å²) in [5.74, 6) is -6.32. The molecule has 2 N–H and O–H groups in total. The van der Waals surface area contributed by atoms with Crippen molar-refractivity contribution >= 4 is 5.91 Å². The van der Waals surface area contributed by atoms with Crippen molar-refractivity contribution in [1.82, 2.24) is 4.90 Å². The van der Waals surface area contributed by atoms with Gasteiger partial charge in [-0.1, -0.05) is 0 Å². The Morgan fingerprint density at radius 3 is 2.12 bits per heavy atom. The molecule has 2 aliphatic rings. The number of nitrogens with two attached hydrogens (primary N) is 1. The molecule has 1 amide bonds. The van der Waals surface area contributed by atoms with Crippen LogP contribution in [0.4, 0.5) is 17.6 Å². The monoisotopic (exact) mass is 254 g/mol. The summed E-state index contributed by atoms with van der Waals surface area (Å²) in [6.45, 7) is 0. The third-order valence-electron chi connectivity index (χ3n) is 3.56. The van der Waals surface area contributed by atoms with Crippen molar-refractivity contribution in [3.8, 4) is 0 Å². The number of piperidine rings is 1. The van der Waals surface area contributed by atoms with Gasteiger partial charge in [-0.2, -0.15) is 8.78 Å². The minimum Gasteiger partial charge on any atom is -0.331 e. The van der Waals surface area contributed by atoms with Gasteiger partial charge in [0.15, 0.2) is 0 Å². The lowest BCUT2D eigenvalue weighted by atomic mass is 9.97. The van der Waals surface area contributed by atoms with E-state index in [9.17, 15) is 22.4 Å². The van der Waals surface area contributed by atoms with E-state index in [1.165, 1.54) is 0 Å². The van der Waals surface area contributed by atoms with Gasteiger partial charge in [0.05, 0.1) is 0 Å². The maximum absolute atomic E-state index is 13.0. The molecule has 0 aliphatic carbocycles. The molecule has 2 saturated heterocycles. The van der Waals surface area contributed by atoms with Crippen LogP contribution in [0.15, 0.2) is 0 Å². The van der Waals surface area contributed by atoms with Crippen LogP contribution < -0.4 is 5.73 Å². The number of hydrogen-bond acceptors (Lipinski definition) is 2. The Bertz CT molecular complexity index is 309. The summed E-state index contributed by atoms with van der Waals surface area (Å²) in [6, 6.07) is -0.932. The number of rotatable bonds is 2. The molecule has 2 heterocycles. The lowest BCUT2D eigenvalue weighted by Crippen LogP contribution is -2.56. The lowest BCUT2D eigenvalue weighted by molar-refractivity contribution is -0.185. The number of alkyl halides is 4. The summed E-state index contributed by atoms with van der Waals surface area (Å²) in [5, 5.41) is 0. The first-order valence-corrected chi connectivity index (χ1v) is 5.58. The standard InChI is InChI=1S/C10H14F4N2O/c11-8(12)10(13,14)9(17)16-6-1-2-7(16)4-5(15)3-6/h5-8H,1-4,15H2. The molecule has 2 aliphatic heterocycles. The highest BCUT2D eigenvalue weighted by atomic mass is 19.3. The smallest absolute Gasteiger partial charge is 0.331 e. The zero-order chi connectivity index (χ0) is 12.8. The van der Waals surface area contributed by atoms with Gasteiger partial charge in [0.1, 0.15) is 0 Å². The van der Waals surface area contributed by atoms with Crippen molar-refractivity contribution in [1.29, 1.82) is 0 Å². The first kappa shape index (κ1) is 12.6. The summed E-state index contributed by atoms with van der Waals surface area (Å²) in [4.78, 5) is 12.4. The molecule has 0 radical (unpaired) electrons. The van der Waals surface area contributed by atoms with E-state index < -0.39 is 30.3 Å². The van der Waals surface area contributed by atoms with Crippen LogP contribution in [0.25, 0.3) is 0 Å². The van der Waals surface area contributed by atoms with Gasteiger partial charge in [-0.05, 0) is 25.7 Å². The van der Waals surface area contributed by atoms with Crippen molar-refractivity contribution in [2.24, 2.45) is 5.73 Å². The lowest BCUT2D eigenvalue weighted by Gasteiger charge is -2.39. The van der Waals surface area contributed by atoms with Crippen molar-refractivity contribution in [3.05, 3.63) is 0 Å². The van der Waals surface area contributed by atoms with Gasteiger partial charge < -0.3 is 10.6 Å². The minimum absolute atomic E-state index is 0.128. The van der Waals surface area contributed by atoms with E-state index in [1.807, 2.05) is 0 Å². The number of fused-ring (bicyclic) bond motifs is 2. The van der Waals surface area contributed by atoms with Crippen LogP contribution in [0.3, 0.4) is 0 Å². The molecule has 0 aromatic rings. The highest BCUT2D eigenvalue weighted by molar-refractivity contribution is 5.85. The molecule has 0 spiro atoms. The molecular formula is C10H14F4N2O. The molecule has 0 aromatic carbocycles. The topological polar surface area (TPSA) is 46.3 Å². The molecule has 0 aromatic heterocycles. The SMILES string of the molecule is NC1CC2CCC(C1)N2C(=O)C(F)(F)C(F)F.